The third kappa shape index (κ3) is 5.24. The summed E-state index contributed by atoms with van der Waals surface area (Å²) in [6, 6.07) is 25.9. The Morgan fingerprint density at radius 1 is 0.857 bits per heavy atom. The number of carboxylic acid groups (broad SMARTS) is 1. The standard InChI is InChI=1S/C30H28N2O3/c33-29(34)18-20-6-8-21(9-7-20)22-10-12-23(13-11-22)24-14-15-26-27(16-17-31-28(26)19-24)30(35)32-25-4-2-1-3-5-25/h1-5,10-17,19-21H,6-9,18H2,(H,32,35)(H,33,34). The molecule has 1 heterocycles. The number of hydrogen-bond donors (Lipinski definition) is 2. The monoisotopic (exact) mass is 464 g/mol. The summed E-state index contributed by atoms with van der Waals surface area (Å²) in [7, 11) is 0. The van der Waals surface area contributed by atoms with Gasteiger partial charge in [-0.1, -0.05) is 54.6 Å². The summed E-state index contributed by atoms with van der Waals surface area (Å²) in [4.78, 5) is 28.4. The summed E-state index contributed by atoms with van der Waals surface area (Å²) >= 11 is 0. The molecule has 35 heavy (non-hydrogen) atoms. The van der Waals surface area contributed by atoms with E-state index in [0.29, 0.717) is 17.4 Å². The van der Waals surface area contributed by atoms with E-state index in [9.17, 15) is 9.59 Å². The molecule has 3 aromatic carbocycles. The number of anilines is 1. The molecule has 1 aromatic heterocycles. The van der Waals surface area contributed by atoms with Gasteiger partial charge in [0.25, 0.3) is 5.91 Å². The van der Waals surface area contributed by atoms with E-state index in [-0.39, 0.29) is 12.3 Å². The molecule has 2 N–H and O–H groups in total. The van der Waals surface area contributed by atoms with Gasteiger partial charge in [0.2, 0.25) is 0 Å². The van der Waals surface area contributed by atoms with E-state index in [1.807, 2.05) is 48.5 Å². The Labute approximate surface area is 204 Å². The number of carboxylic acids is 1. The van der Waals surface area contributed by atoms with E-state index >= 15 is 0 Å². The maximum atomic E-state index is 12.9. The molecule has 1 saturated carbocycles. The van der Waals surface area contributed by atoms with Crippen molar-refractivity contribution >= 4 is 28.5 Å². The predicted octanol–water partition coefficient (Wildman–Crippen LogP) is 6.90. The van der Waals surface area contributed by atoms with Crippen LogP contribution in [0, 0.1) is 5.92 Å². The molecule has 5 heteroatoms. The van der Waals surface area contributed by atoms with Crippen molar-refractivity contribution in [1.82, 2.24) is 4.98 Å². The van der Waals surface area contributed by atoms with Crippen LogP contribution in [0.3, 0.4) is 0 Å². The van der Waals surface area contributed by atoms with Gasteiger partial charge in [-0.2, -0.15) is 0 Å². The van der Waals surface area contributed by atoms with Crippen LogP contribution in [0.4, 0.5) is 5.69 Å². The molecule has 1 aliphatic carbocycles. The van der Waals surface area contributed by atoms with Crippen molar-refractivity contribution in [2.45, 2.75) is 38.0 Å². The summed E-state index contributed by atoms with van der Waals surface area (Å²) in [6.45, 7) is 0. The molecule has 1 amide bonds. The lowest BCUT2D eigenvalue weighted by Crippen LogP contribution is -2.16. The van der Waals surface area contributed by atoms with E-state index in [0.717, 1.165) is 53.4 Å². The van der Waals surface area contributed by atoms with E-state index in [1.54, 1.807) is 12.3 Å². The fraction of sp³-hybridized carbons (Fsp3) is 0.233. The number of fused-ring (bicyclic) bond motifs is 1. The van der Waals surface area contributed by atoms with Crippen LogP contribution >= 0.6 is 0 Å². The number of hydrogen-bond acceptors (Lipinski definition) is 3. The first-order valence-electron chi connectivity index (χ1n) is 12.1. The Kier molecular flexibility index (Phi) is 6.57. The van der Waals surface area contributed by atoms with Crippen LogP contribution in [0.2, 0.25) is 0 Å². The van der Waals surface area contributed by atoms with E-state index in [4.69, 9.17) is 5.11 Å². The van der Waals surface area contributed by atoms with E-state index in [2.05, 4.69) is 34.6 Å². The number of amides is 1. The van der Waals surface area contributed by atoms with Gasteiger partial charge in [-0.05, 0) is 78.5 Å². The summed E-state index contributed by atoms with van der Waals surface area (Å²) in [5.74, 6) is -0.0313. The number of nitrogens with zero attached hydrogens (tertiary/aromatic N) is 1. The second-order valence-corrected chi connectivity index (χ2v) is 9.35. The lowest BCUT2D eigenvalue weighted by atomic mass is 9.77. The van der Waals surface area contributed by atoms with Crippen LogP contribution in [-0.2, 0) is 4.79 Å². The third-order valence-corrected chi connectivity index (χ3v) is 7.04. The second kappa shape index (κ2) is 10.1. The zero-order chi connectivity index (χ0) is 24.2. The van der Waals surface area contributed by atoms with Crippen LogP contribution in [0.25, 0.3) is 22.0 Å². The highest BCUT2D eigenvalue weighted by Crippen LogP contribution is 2.37. The van der Waals surface area contributed by atoms with Gasteiger partial charge in [-0.3, -0.25) is 14.6 Å². The molecule has 0 saturated heterocycles. The fourth-order valence-corrected chi connectivity index (χ4v) is 5.14. The van der Waals surface area contributed by atoms with Crippen LogP contribution in [0.5, 0.6) is 0 Å². The molecule has 1 fully saturated rings. The predicted molar refractivity (Wildman–Crippen MR) is 139 cm³/mol. The van der Waals surface area contributed by atoms with Crippen LogP contribution in [-0.4, -0.2) is 22.0 Å². The lowest BCUT2D eigenvalue weighted by molar-refractivity contribution is -0.138. The van der Waals surface area contributed by atoms with Gasteiger partial charge < -0.3 is 10.4 Å². The molecule has 0 bridgehead atoms. The Morgan fingerprint density at radius 2 is 1.57 bits per heavy atom. The largest absolute Gasteiger partial charge is 0.481 e. The zero-order valence-electron chi connectivity index (χ0n) is 19.5. The van der Waals surface area contributed by atoms with Gasteiger partial charge in [0, 0.05) is 23.7 Å². The molecule has 1 aliphatic rings. The normalized spacial score (nSPS) is 17.7. The van der Waals surface area contributed by atoms with Gasteiger partial charge in [0.05, 0.1) is 11.1 Å². The molecule has 5 nitrogen and oxygen atoms in total. The molecule has 0 aliphatic heterocycles. The first-order valence-corrected chi connectivity index (χ1v) is 12.1. The van der Waals surface area contributed by atoms with Crippen LogP contribution in [0.15, 0.2) is 85.1 Å². The van der Waals surface area contributed by atoms with Crippen molar-refractivity contribution in [3.8, 4) is 11.1 Å². The number of aliphatic carboxylic acids is 1. The maximum absolute atomic E-state index is 12.9. The van der Waals surface area contributed by atoms with Gasteiger partial charge >= 0.3 is 5.97 Å². The highest BCUT2D eigenvalue weighted by Gasteiger charge is 2.24. The Balaban J connectivity index is 1.31. The minimum Gasteiger partial charge on any atom is -0.481 e. The molecule has 0 unspecified atom stereocenters. The van der Waals surface area contributed by atoms with Gasteiger partial charge in [-0.25, -0.2) is 0 Å². The van der Waals surface area contributed by atoms with E-state index in [1.165, 1.54) is 5.56 Å². The number of carbonyl (C=O) groups is 2. The first-order chi connectivity index (χ1) is 17.1. The van der Waals surface area contributed by atoms with Gasteiger partial charge in [0.1, 0.15) is 0 Å². The van der Waals surface area contributed by atoms with Crippen molar-refractivity contribution in [2.75, 3.05) is 5.32 Å². The zero-order valence-corrected chi connectivity index (χ0v) is 19.5. The average molecular weight is 465 g/mol. The summed E-state index contributed by atoms with van der Waals surface area (Å²) in [5, 5.41) is 12.8. The SMILES string of the molecule is O=C(O)CC1CCC(c2ccc(-c3ccc4c(C(=O)Nc5ccccc5)ccnc4c3)cc2)CC1. The first kappa shape index (κ1) is 22.8. The number of pyridine rings is 1. The third-order valence-electron chi connectivity index (χ3n) is 7.04. The number of rotatable bonds is 6. The van der Waals surface area contributed by atoms with Gasteiger partial charge in [-0.15, -0.1) is 0 Å². The average Bonchev–Trinajstić information content (AvgIpc) is 2.89. The minimum atomic E-state index is -0.688. The second-order valence-electron chi connectivity index (χ2n) is 9.35. The number of aromatic nitrogens is 1. The van der Waals surface area contributed by atoms with E-state index < -0.39 is 5.97 Å². The lowest BCUT2D eigenvalue weighted by Gasteiger charge is -2.28. The summed E-state index contributed by atoms with van der Waals surface area (Å²) in [5.41, 5.74) is 5.62. The Hall–Kier alpha value is -3.99. The number of para-hydroxylation sites is 1. The molecule has 4 aromatic rings. The van der Waals surface area contributed by atoms with Crippen LogP contribution < -0.4 is 5.32 Å². The van der Waals surface area contributed by atoms with Gasteiger partial charge in [0.15, 0.2) is 0 Å². The highest BCUT2D eigenvalue weighted by molar-refractivity contribution is 6.12. The number of nitrogens with one attached hydrogen (secondary N) is 1. The smallest absolute Gasteiger partial charge is 0.303 e. The summed E-state index contributed by atoms with van der Waals surface area (Å²) < 4.78 is 0. The molecular weight excluding hydrogens is 436 g/mol. The highest BCUT2D eigenvalue weighted by atomic mass is 16.4. The molecule has 0 spiro atoms. The van der Waals surface area contributed by atoms with Crippen molar-refractivity contribution in [3.63, 3.8) is 0 Å². The molecule has 0 radical (unpaired) electrons. The Bertz CT molecular complexity index is 1340. The topological polar surface area (TPSA) is 79.3 Å². The number of benzene rings is 3. The fourth-order valence-electron chi connectivity index (χ4n) is 5.14. The van der Waals surface area contributed by atoms with Crippen molar-refractivity contribution in [1.29, 1.82) is 0 Å². The maximum Gasteiger partial charge on any atom is 0.303 e. The van der Waals surface area contributed by atoms with Crippen molar-refractivity contribution in [3.05, 3.63) is 96.2 Å². The van der Waals surface area contributed by atoms with Crippen molar-refractivity contribution in [2.24, 2.45) is 5.92 Å². The van der Waals surface area contributed by atoms with Crippen LogP contribution in [0.1, 0.15) is 53.9 Å². The molecule has 5 rings (SSSR count). The molecular formula is C30H28N2O3. The number of carbonyl (C=O) groups excluding carboxylic acids is 1. The molecule has 176 valence electrons. The molecule has 0 atom stereocenters. The summed E-state index contributed by atoms with van der Waals surface area (Å²) in [6.07, 6.45) is 6.02. The Morgan fingerprint density at radius 3 is 2.29 bits per heavy atom. The van der Waals surface area contributed by atoms with Crippen molar-refractivity contribution < 1.29 is 14.7 Å². The minimum absolute atomic E-state index is 0.154. The quantitative estimate of drug-likeness (QED) is 0.325.